The Morgan fingerprint density at radius 1 is 1.25 bits per heavy atom. The van der Waals surface area contributed by atoms with E-state index in [4.69, 9.17) is 5.11 Å². The smallest absolute Gasteiger partial charge is 0.0615 e. The van der Waals surface area contributed by atoms with Gasteiger partial charge in [-0.2, -0.15) is 0 Å². The molecule has 12 heavy (non-hydrogen) atoms. The highest BCUT2D eigenvalue weighted by Gasteiger charge is 1.99. The maximum Gasteiger partial charge on any atom is 0.0615 e. The number of aliphatic hydroxyl groups excluding tert-OH is 1. The van der Waals surface area contributed by atoms with E-state index >= 15 is 0 Å². The van der Waals surface area contributed by atoms with Gasteiger partial charge in [0.25, 0.3) is 0 Å². The lowest BCUT2D eigenvalue weighted by Gasteiger charge is -2.08. The molecule has 0 heterocycles. The van der Waals surface area contributed by atoms with E-state index in [9.17, 15) is 0 Å². The van der Waals surface area contributed by atoms with Crippen molar-refractivity contribution in [3.8, 4) is 0 Å². The van der Waals surface area contributed by atoms with Gasteiger partial charge in [0, 0.05) is 0 Å². The van der Waals surface area contributed by atoms with Crippen molar-refractivity contribution in [2.24, 2.45) is 5.92 Å². The van der Waals surface area contributed by atoms with Gasteiger partial charge in [0.05, 0.1) is 6.61 Å². The van der Waals surface area contributed by atoms with Gasteiger partial charge in [-0.15, -0.1) is 0 Å². The summed E-state index contributed by atoms with van der Waals surface area (Å²) in [7, 11) is 0. The Labute approximate surface area is 75.8 Å². The van der Waals surface area contributed by atoms with Gasteiger partial charge >= 0.3 is 0 Å². The molecule has 0 bridgehead atoms. The van der Waals surface area contributed by atoms with E-state index in [1.54, 1.807) is 0 Å². The fourth-order valence-corrected chi connectivity index (χ4v) is 0.994. The van der Waals surface area contributed by atoms with Crippen molar-refractivity contribution in [2.45, 2.75) is 34.1 Å². The number of aliphatic hydroxyl groups is 1. The van der Waals surface area contributed by atoms with Crippen LogP contribution in [0.25, 0.3) is 0 Å². The first-order chi connectivity index (χ1) is 5.57. The highest BCUT2D eigenvalue weighted by Crippen LogP contribution is 2.14. The SMILES string of the molecule is CC(C)=CC/C(=C\CO)C(C)C. The summed E-state index contributed by atoms with van der Waals surface area (Å²) in [5.74, 6) is 0.535. The number of hydrogen-bond acceptors (Lipinski definition) is 1. The zero-order valence-corrected chi connectivity index (χ0v) is 8.59. The third-order valence-corrected chi connectivity index (χ3v) is 1.84. The minimum atomic E-state index is 0.157. The Balaban J connectivity index is 4.16. The van der Waals surface area contributed by atoms with Crippen molar-refractivity contribution >= 4 is 0 Å². The first-order valence-electron chi connectivity index (χ1n) is 4.51. The minimum Gasteiger partial charge on any atom is -0.392 e. The van der Waals surface area contributed by atoms with Crippen molar-refractivity contribution < 1.29 is 5.11 Å². The third kappa shape index (κ3) is 5.14. The molecule has 0 amide bonds. The van der Waals surface area contributed by atoms with Crippen LogP contribution in [0.4, 0.5) is 0 Å². The lowest BCUT2D eigenvalue weighted by atomic mass is 9.99. The summed E-state index contributed by atoms with van der Waals surface area (Å²) in [6.07, 6.45) is 5.08. The summed E-state index contributed by atoms with van der Waals surface area (Å²) < 4.78 is 0. The maximum atomic E-state index is 8.75. The van der Waals surface area contributed by atoms with Gasteiger partial charge in [-0.05, 0) is 26.2 Å². The molecule has 0 radical (unpaired) electrons. The topological polar surface area (TPSA) is 20.2 Å². The Hall–Kier alpha value is -0.560. The van der Waals surface area contributed by atoms with Crippen molar-refractivity contribution in [1.29, 1.82) is 0 Å². The fourth-order valence-electron chi connectivity index (χ4n) is 0.994. The zero-order chi connectivity index (χ0) is 9.56. The summed E-state index contributed by atoms with van der Waals surface area (Å²) in [5.41, 5.74) is 2.65. The van der Waals surface area contributed by atoms with Crippen LogP contribution >= 0.6 is 0 Å². The van der Waals surface area contributed by atoms with Crippen LogP contribution in [0, 0.1) is 5.92 Å². The van der Waals surface area contributed by atoms with Crippen molar-refractivity contribution in [3.63, 3.8) is 0 Å². The zero-order valence-electron chi connectivity index (χ0n) is 8.59. The highest BCUT2D eigenvalue weighted by atomic mass is 16.2. The van der Waals surface area contributed by atoms with Gasteiger partial charge in [0.15, 0.2) is 0 Å². The molecule has 1 nitrogen and oxygen atoms in total. The normalized spacial score (nSPS) is 12.0. The largest absolute Gasteiger partial charge is 0.392 e. The molecule has 1 N–H and O–H groups in total. The molecule has 0 saturated carbocycles. The summed E-state index contributed by atoms with van der Waals surface area (Å²) in [4.78, 5) is 0. The van der Waals surface area contributed by atoms with Crippen LogP contribution in [0.2, 0.25) is 0 Å². The molecule has 0 aromatic heterocycles. The summed E-state index contributed by atoms with van der Waals surface area (Å²) in [6, 6.07) is 0. The van der Waals surface area contributed by atoms with Crippen LogP contribution in [0.5, 0.6) is 0 Å². The Morgan fingerprint density at radius 3 is 2.17 bits per heavy atom. The number of rotatable bonds is 4. The predicted octanol–water partition coefficient (Wildman–Crippen LogP) is 2.92. The molecule has 1 heteroatoms. The monoisotopic (exact) mass is 168 g/mol. The second-order valence-corrected chi connectivity index (χ2v) is 3.60. The quantitative estimate of drug-likeness (QED) is 0.640. The molecule has 0 aliphatic carbocycles. The summed E-state index contributed by atoms with van der Waals surface area (Å²) >= 11 is 0. The van der Waals surface area contributed by atoms with E-state index in [-0.39, 0.29) is 6.61 Å². The van der Waals surface area contributed by atoms with Crippen LogP contribution in [-0.2, 0) is 0 Å². The van der Waals surface area contributed by atoms with Gasteiger partial charge in [0.1, 0.15) is 0 Å². The molecule has 0 aliphatic heterocycles. The Morgan fingerprint density at radius 2 is 1.83 bits per heavy atom. The van der Waals surface area contributed by atoms with E-state index in [1.807, 2.05) is 6.08 Å². The van der Waals surface area contributed by atoms with E-state index in [2.05, 4.69) is 33.8 Å². The second-order valence-electron chi connectivity index (χ2n) is 3.60. The van der Waals surface area contributed by atoms with E-state index < -0.39 is 0 Å². The van der Waals surface area contributed by atoms with Crippen molar-refractivity contribution in [1.82, 2.24) is 0 Å². The van der Waals surface area contributed by atoms with Gasteiger partial charge in [-0.1, -0.05) is 37.1 Å². The molecule has 0 fully saturated rings. The lowest BCUT2D eigenvalue weighted by molar-refractivity contribution is 0.340. The van der Waals surface area contributed by atoms with E-state index in [0.29, 0.717) is 5.92 Å². The summed E-state index contributed by atoms with van der Waals surface area (Å²) in [5, 5.41) is 8.75. The Kier molecular flexibility index (Phi) is 5.73. The molecule has 0 aromatic rings. The van der Waals surface area contributed by atoms with Crippen LogP contribution in [0.3, 0.4) is 0 Å². The van der Waals surface area contributed by atoms with Gasteiger partial charge in [-0.25, -0.2) is 0 Å². The standard InChI is InChI=1S/C11H20O/c1-9(2)5-6-11(7-8-12)10(3)4/h5,7,10,12H,6,8H2,1-4H3/b11-7+. The molecular formula is C11H20O. The molecule has 0 aromatic carbocycles. The number of hydrogen-bond donors (Lipinski definition) is 1. The lowest BCUT2D eigenvalue weighted by Crippen LogP contribution is -1.94. The maximum absolute atomic E-state index is 8.75. The molecule has 0 rings (SSSR count). The van der Waals surface area contributed by atoms with Crippen molar-refractivity contribution in [2.75, 3.05) is 6.61 Å². The second kappa shape index (κ2) is 6.01. The third-order valence-electron chi connectivity index (χ3n) is 1.84. The minimum absolute atomic E-state index is 0.157. The van der Waals surface area contributed by atoms with Crippen molar-refractivity contribution in [3.05, 3.63) is 23.3 Å². The van der Waals surface area contributed by atoms with Crippen LogP contribution in [0.1, 0.15) is 34.1 Å². The first kappa shape index (κ1) is 11.4. The van der Waals surface area contributed by atoms with Gasteiger partial charge in [-0.3, -0.25) is 0 Å². The molecule has 0 saturated heterocycles. The molecule has 0 unspecified atom stereocenters. The molecule has 0 atom stereocenters. The predicted molar refractivity (Wildman–Crippen MR) is 54.1 cm³/mol. The van der Waals surface area contributed by atoms with Gasteiger partial charge in [0.2, 0.25) is 0 Å². The van der Waals surface area contributed by atoms with E-state index in [1.165, 1.54) is 11.1 Å². The van der Waals surface area contributed by atoms with Crippen LogP contribution in [-0.4, -0.2) is 11.7 Å². The molecular weight excluding hydrogens is 148 g/mol. The average molecular weight is 168 g/mol. The average Bonchev–Trinajstić information content (AvgIpc) is 1.96. The van der Waals surface area contributed by atoms with E-state index in [0.717, 1.165) is 6.42 Å². The van der Waals surface area contributed by atoms with Crippen LogP contribution in [0.15, 0.2) is 23.3 Å². The molecule has 0 spiro atoms. The van der Waals surface area contributed by atoms with Crippen LogP contribution < -0.4 is 0 Å². The first-order valence-corrected chi connectivity index (χ1v) is 4.51. The molecule has 0 aliphatic rings. The number of allylic oxidation sites excluding steroid dienone is 3. The highest BCUT2D eigenvalue weighted by molar-refractivity contribution is 5.11. The Bertz CT molecular complexity index is 171. The molecule has 70 valence electrons. The fraction of sp³-hybridized carbons (Fsp3) is 0.636. The summed E-state index contributed by atoms with van der Waals surface area (Å²) in [6.45, 7) is 8.65. The van der Waals surface area contributed by atoms with Gasteiger partial charge < -0.3 is 5.11 Å².